The maximum atomic E-state index is 9.74. The van der Waals surface area contributed by atoms with Gasteiger partial charge in [0, 0.05) is 38.3 Å². The molecule has 1 aromatic rings. The molecule has 0 unspecified atom stereocenters. The third-order valence-electron chi connectivity index (χ3n) is 3.23. The van der Waals surface area contributed by atoms with Crippen LogP contribution in [0.3, 0.4) is 0 Å². The highest BCUT2D eigenvalue weighted by Gasteiger charge is 2.13. The molecule has 94 valence electrons. The maximum Gasteiger partial charge on any atom is 0.120 e. The van der Waals surface area contributed by atoms with E-state index < -0.39 is 0 Å². The highest BCUT2D eigenvalue weighted by atomic mass is 16.3. The number of rotatable bonds is 3. The third kappa shape index (κ3) is 3.43. The average Bonchev–Trinajstić information content (AvgIpc) is 2.32. The summed E-state index contributed by atoms with van der Waals surface area (Å²) in [5.41, 5.74) is 5.51. The van der Waals surface area contributed by atoms with Gasteiger partial charge in [-0.15, -0.1) is 0 Å². The summed E-state index contributed by atoms with van der Waals surface area (Å²) in [5.74, 6) is 0.372. The van der Waals surface area contributed by atoms with Crippen molar-refractivity contribution in [2.45, 2.75) is 13.5 Å². The van der Waals surface area contributed by atoms with Gasteiger partial charge in [-0.05, 0) is 20.0 Å². The average molecular weight is 235 g/mol. The molecule has 2 N–H and O–H groups in total. The van der Waals surface area contributed by atoms with E-state index in [4.69, 9.17) is 0 Å². The molecule has 1 aromatic carbocycles. The predicted octanol–water partition coefficient (Wildman–Crippen LogP) is 0.953. The molecule has 0 amide bonds. The maximum absolute atomic E-state index is 9.74. The monoisotopic (exact) mass is 235 g/mol. The van der Waals surface area contributed by atoms with Crippen LogP contribution in [0.25, 0.3) is 0 Å². The van der Waals surface area contributed by atoms with Crippen LogP contribution in [0.5, 0.6) is 5.75 Å². The first-order valence-corrected chi connectivity index (χ1v) is 6.10. The molecule has 1 saturated heterocycles. The molecule has 2 rings (SSSR count). The molecule has 1 aliphatic heterocycles. The molecule has 0 bridgehead atoms. The Labute approximate surface area is 103 Å². The van der Waals surface area contributed by atoms with Crippen LogP contribution in [0, 0.1) is 6.92 Å². The summed E-state index contributed by atoms with van der Waals surface area (Å²) in [6, 6.07) is 5.71. The van der Waals surface area contributed by atoms with Crippen molar-refractivity contribution in [1.82, 2.24) is 15.3 Å². The lowest BCUT2D eigenvalue weighted by molar-refractivity contribution is 0.102. The molecular formula is C13H21N3O. The zero-order valence-corrected chi connectivity index (χ0v) is 10.6. The van der Waals surface area contributed by atoms with E-state index in [1.807, 2.05) is 19.1 Å². The molecule has 0 spiro atoms. The predicted molar refractivity (Wildman–Crippen MR) is 68.8 cm³/mol. The molecule has 0 saturated carbocycles. The first-order chi connectivity index (χ1) is 8.15. The van der Waals surface area contributed by atoms with Crippen molar-refractivity contribution in [3.05, 3.63) is 29.3 Å². The highest BCUT2D eigenvalue weighted by molar-refractivity contribution is 5.35. The highest BCUT2D eigenvalue weighted by Crippen LogP contribution is 2.17. The number of nitrogens with zero attached hydrogens (tertiary/aromatic N) is 2. The summed E-state index contributed by atoms with van der Waals surface area (Å²) in [7, 11) is 2.14. The lowest BCUT2D eigenvalue weighted by Gasteiger charge is -2.32. The number of nitrogens with one attached hydrogen (secondary N) is 1. The smallest absolute Gasteiger partial charge is 0.120 e. The molecule has 0 aliphatic carbocycles. The molecule has 4 nitrogen and oxygen atoms in total. The Morgan fingerprint density at radius 1 is 1.24 bits per heavy atom. The van der Waals surface area contributed by atoms with Gasteiger partial charge in [-0.3, -0.25) is 5.43 Å². The summed E-state index contributed by atoms with van der Waals surface area (Å²) in [5, 5.41) is 12.0. The topological polar surface area (TPSA) is 38.7 Å². The van der Waals surface area contributed by atoms with Crippen LogP contribution in [-0.4, -0.2) is 48.2 Å². The number of piperazine rings is 1. The third-order valence-corrected chi connectivity index (χ3v) is 3.23. The Bertz CT molecular complexity index is 373. The largest absolute Gasteiger partial charge is 0.508 e. The van der Waals surface area contributed by atoms with E-state index in [0.717, 1.165) is 31.7 Å². The lowest BCUT2D eigenvalue weighted by atomic mass is 10.1. The Morgan fingerprint density at radius 3 is 2.65 bits per heavy atom. The molecule has 1 heterocycles. The fourth-order valence-corrected chi connectivity index (χ4v) is 2.02. The number of hydrazine groups is 1. The molecule has 0 radical (unpaired) electrons. The molecule has 17 heavy (non-hydrogen) atoms. The minimum atomic E-state index is 0.372. The second kappa shape index (κ2) is 5.49. The second-order valence-electron chi connectivity index (χ2n) is 4.76. The van der Waals surface area contributed by atoms with Gasteiger partial charge >= 0.3 is 0 Å². The number of hydrogen-bond donors (Lipinski definition) is 2. The van der Waals surface area contributed by atoms with Crippen LogP contribution >= 0.6 is 0 Å². The lowest BCUT2D eigenvalue weighted by Crippen LogP contribution is -2.50. The van der Waals surface area contributed by atoms with Crippen molar-refractivity contribution in [2.24, 2.45) is 0 Å². The van der Waals surface area contributed by atoms with Crippen LogP contribution in [0.1, 0.15) is 11.1 Å². The minimum Gasteiger partial charge on any atom is -0.508 e. The van der Waals surface area contributed by atoms with Gasteiger partial charge in [0.2, 0.25) is 0 Å². The summed E-state index contributed by atoms with van der Waals surface area (Å²) < 4.78 is 0. The Morgan fingerprint density at radius 2 is 1.94 bits per heavy atom. The molecule has 1 aliphatic rings. The SMILES string of the molecule is Cc1ccc(O)c(CNN2CCN(C)CC2)c1. The van der Waals surface area contributed by atoms with Crippen LogP contribution in [0.15, 0.2) is 18.2 Å². The van der Waals surface area contributed by atoms with Crippen LogP contribution in [-0.2, 0) is 6.54 Å². The van der Waals surface area contributed by atoms with E-state index in [2.05, 4.69) is 22.4 Å². The first-order valence-electron chi connectivity index (χ1n) is 6.10. The van der Waals surface area contributed by atoms with Crippen molar-refractivity contribution in [3.63, 3.8) is 0 Å². The minimum absolute atomic E-state index is 0.372. The number of phenols is 1. The number of phenolic OH excluding ortho intramolecular Hbond substituents is 1. The van der Waals surface area contributed by atoms with E-state index in [9.17, 15) is 5.11 Å². The Balaban J connectivity index is 1.87. The molecule has 0 atom stereocenters. The summed E-state index contributed by atoms with van der Waals surface area (Å²) in [6.07, 6.45) is 0. The Kier molecular flexibility index (Phi) is 3.99. The number of aromatic hydroxyl groups is 1. The summed E-state index contributed by atoms with van der Waals surface area (Å²) >= 11 is 0. The fourth-order valence-electron chi connectivity index (χ4n) is 2.02. The van der Waals surface area contributed by atoms with Gasteiger partial charge in [0.25, 0.3) is 0 Å². The molecule has 4 heteroatoms. The fraction of sp³-hybridized carbons (Fsp3) is 0.538. The number of aryl methyl sites for hydroxylation is 1. The van der Waals surface area contributed by atoms with E-state index in [1.54, 1.807) is 6.07 Å². The number of likely N-dealkylation sites (N-methyl/N-ethyl adjacent to an activating group) is 1. The molecule has 1 fully saturated rings. The Hall–Kier alpha value is -1.10. The first kappa shape index (κ1) is 12.4. The van der Waals surface area contributed by atoms with Crippen LogP contribution in [0.2, 0.25) is 0 Å². The standard InChI is InChI=1S/C13H21N3O/c1-11-3-4-13(17)12(9-11)10-14-16-7-5-15(2)6-8-16/h3-4,9,14,17H,5-8,10H2,1-2H3. The summed E-state index contributed by atoms with van der Waals surface area (Å²) in [4.78, 5) is 2.32. The van der Waals surface area contributed by atoms with E-state index in [1.165, 1.54) is 5.56 Å². The van der Waals surface area contributed by atoms with E-state index in [-0.39, 0.29) is 0 Å². The van der Waals surface area contributed by atoms with Gasteiger partial charge in [0.1, 0.15) is 5.75 Å². The van der Waals surface area contributed by atoms with Crippen molar-refractivity contribution >= 4 is 0 Å². The molecular weight excluding hydrogens is 214 g/mol. The molecule has 0 aromatic heterocycles. The zero-order valence-electron chi connectivity index (χ0n) is 10.6. The van der Waals surface area contributed by atoms with Gasteiger partial charge in [-0.25, -0.2) is 5.01 Å². The van der Waals surface area contributed by atoms with Crippen molar-refractivity contribution in [1.29, 1.82) is 0 Å². The van der Waals surface area contributed by atoms with Crippen molar-refractivity contribution < 1.29 is 5.11 Å². The van der Waals surface area contributed by atoms with Gasteiger partial charge in [-0.1, -0.05) is 17.7 Å². The van der Waals surface area contributed by atoms with Crippen LogP contribution in [0.4, 0.5) is 0 Å². The second-order valence-corrected chi connectivity index (χ2v) is 4.76. The van der Waals surface area contributed by atoms with Gasteiger partial charge < -0.3 is 10.0 Å². The normalized spacial score (nSPS) is 18.5. The quantitative estimate of drug-likeness (QED) is 0.818. The van der Waals surface area contributed by atoms with Crippen LogP contribution < -0.4 is 5.43 Å². The van der Waals surface area contributed by atoms with Crippen molar-refractivity contribution in [3.8, 4) is 5.75 Å². The van der Waals surface area contributed by atoms with E-state index >= 15 is 0 Å². The number of benzene rings is 1. The van der Waals surface area contributed by atoms with E-state index in [0.29, 0.717) is 12.3 Å². The number of hydrogen-bond acceptors (Lipinski definition) is 4. The van der Waals surface area contributed by atoms with Gasteiger partial charge in [0.15, 0.2) is 0 Å². The zero-order chi connectivity index (χ0) is 12.3. The van der Waals surface area contributed by atoms with Gasteiger partial charge in [-0.2, -0.15) is 0 Å². The van der Waals surface area contributed by atoms with Gasteiger partial charge in [0.05, 0.1) is 0 Å². The summed E-state index contributed by atoms with van der Waals surface area (Å²) in [6.45, 7) is 6.97. The van der Waals surface area contributed by atoms with Crippen molar-refractivity contribution in [2.75, 3.05) is 33.2 Å².